The van der Waals surface area contributed by atoms with Crippen LogP contribution in [0.2, 0.25) is 0 Å². The highest BCUT2D eigenvalue weighted by molar-refractivity contribution is 7.17. The van der Waals surface area contributed by atoms with Crippen LogP contribution in [0.25, 0.3) is 21.3 Å². The maximum absolute atomic E-state index is 12.8. The summed E-state index contributed by atoms with van der Waals surface area (Å²) in [7, 11) is 0. The van der Waals surface area contributed by atoms with Gasteiger partial charge in [0.1, 0.15) is 4.70 Å². The molecule has 0 radical (unpaired) electrons. The fourth-order valence-electron chi connectivity index (χ4n) is 4.39. The predicted molar refractivity (Wildman–Crippen MR) is 136 cm³/mol. The second-order valence-corrected chi connectivity index (χ2v) is 9.61. The lowest BCUT2D eigenvalue weighted by Crippen LogP contribution is -2.44. The molecule has 4 heterocycles. The zero-order valence-electron chi connectivity index (χ0n) is 19.1. The molecule has 8 heteroatoms. The van der Waals surface area contributed by atoms with Crippen molar-refractivity contribution < 1.29 is 4.79 Å². The number of piperidine rings is 1. The van der Waals surface area contributed by atoms with Gasteiger partial charge < -0.3 is 10.2 Å². The minimum Gasteiger partial charge on any atom is -0.355 e. The Morgan fingerprint density at radius 2 is 2.09 bits per heavy atom. The molecule has 0 bridgehead atoms. The number of aryl methyl sites for hydroxylation is 1. The quantitative estimate of drug-likeness (QED) is 0.443. The Hall–Kier alpha value is -3.52. The Labute approximate surface area is 201 Å². The summed E-state index contributed by atoms with van der Waals surface area (Å²) in [5, 5.41) is 5.04. The molecule has 0 unspecified atom stereocenters. The van der Waals surface area contributed by atoms with Crippen molar-refractivity contribution in [2.75, 3.05) is 24.5 Å². The fourth-order valence-corrected chi connectivity index (χ4v) is 5.30. The lowest BCUT2D eigenvalue weighted by Gasteiger charge is -2.32. The van der Waals surface area contributed by atoms with E-state index in [2.05, 4.69) is 46.5 Å². The molecule has 174 valence electrons. The largest absolute Gasteiger partial charge is 0.355 e. The molecule has 4 aromatic rings. The first-order valence-corrected chi connectivity index (χ1v) is 12.5. The molecule has 0 aliphatic carbocycles. The zero-order chi connectivity index (χ0) is 23.5. The van der Waals surface area contributed by atoms with E-state index in [1.54, 1.807) is 6.20 Å². The van der Waals surface area contributed by atoms with Crippen LogP contribution in [-0.4, -0.2) is 40.5 Å². The number of hydrogen-bond acceptors (Lipinski definition) is 6. The van der Waals surface area contributed by atoms with Gasteiger partial charge in [-0.2, -0.15) is 0 Å². The van der Waals surface area contributed by atoms with E-state index >= 15 is 0 Å². The molecule has 1 aromatic carbocycles. The van der Waals surface area contributed by atoms with Gasteiger partial charge in [0.15, 0.2) is 0 Å². The molecule has 1 atom stereocenters. The fraction of sp³-hybridized carbons (Fsp3) is 0.308. The molecule has 1 aliphatic heterocycles. The molecule has 1 fully saturated rings. The van der Waals surface area contributed by atoms with Crippen molar-refractivity contribution in [1.29, 1.82) is 0 Å². The van der Waals surface area contributed by atoms with Crippen LogP contribution >= 0.6 is 11.3 Å². The van der Waals surface area contributed by atoms with Crippen LogP contribution in [0.1, 0.15) is 24.1 Å². The number of fused-ring (bicyclic) bond motifs is 1. The summed E-state index contributed by atoms with van der Waals surface area (Å²) in [4.78, 5) is 39.8. The van der Waals surface area contributed by atoms with Crippen molar-refractivity contribution in [2.45, 2.75) is 26.2 Å². The minimum atomic E-state index is -0.141. The lowest BCUT2D eigenvalue weighted by atomic mass is 9.97. The molecule has 5 rings (SSSR count). The van der Waals surface area contributed by atoms with Crippen molar-refractivity contribution in [3.05, 3.63) is 75.7 Å². The number of rotatable bonds is 6. The van der Waals surface area contributed by atoms with Gasteiger partial charge in [-0.1, -0.05) is 35.9 Å². The number of nitrogens with zero attached hydrogens (tertiary/aromatic N) is 3. The molecular weight excluding hydrogens is 446 g/mol. The van der Waals surface area contributed by atoms with Gasteiger partial charge in [0.2, 0.25) is 11.9 Å². The number of aromatic amines is 1. The van der Waals surface area contributed by atoms with E-state index in [1.165, 1.54) is 16.9 Å². The summed E-state index contributed by atoms with van der Waals surface area (Å²) < 4.78 is 0.625. The molecule has 0 saturated carbocycles. The Kier molecular flexibility index (Phi) is 6.40. The van der Waals surface area contributed by atoms with Crippen molar-refractivity contribution in [3.63, 3.8) is 0 Å². The number of H-pyrrole nitrogens is 1. The van der Waals surface area contributed by atoms with Gasteiger partial charge in [-0.25, -0.2) is 4.98 Å². The highest BCUT2D eigenvalue weighted by atomic mass is 32.1. The van der Waals surface area contributed by atoms with Gasteiger partial charge in [0, 0.05) is 48.9 Å². The number of carbonyl (C=O) groups is 1. The molecule has 2 N–H and O–H groups in total. The molecule has 0 spiro atoms. The average molecular weight is 474 g/mol. The normalized spacial score (nSPS) is 16.0. The maximum atomic E-state index is 12.8. The van der Waals surface area contributed by atoms with Crippen LogP contribution in [0.5, 0.6) is 0 Å². The number of thiophene rings is 1. The minimum absolute atomic E-state index is 0.0416. The number of carbonyl (C=O) groups excluding carboxylic acids is 1. The van der Waals surface area contributed by atoms with E-state index in [-0.39, 0.29) is 17.4 Å². The predicted octanol–water partition coefficient (Wildman–Crippen LogP) is 3.93. The zero-order valence-corrected chi connectivity index (χ0v) is 19.9. The molecule has 7 nitrogen and oxygen atoms in total. The van der Waals surface area contributed by atoms with Gasteiger partial charge >= 0.3 is 0 Å². The second-order valence-electron chi connectivity index (χ2n) is 8.73. The highest BCUT2D eigenvalue weighted by Gasteiger charge is 2.27. The summed E-state index contributed by atoms with van der Waals surface area (Å²) >= 11 is 1.41. The molecule has 1 aliphatic rings. The number of anilines is 1. The Morgan fingerprint density at radius 3 is 2.88 bits per heavy atom. The summed E-state index contributed by atoms with van der Waals surface area (Å²) in [5.74, 6) is 0.438. The summed E-state index contributed by atoms with van der Waals surface area (Å²) in [5.41, 5.74) is 4.74. The number of nitrogens with one attached hydrogen (secondary N) is 2. The number of pyridine rings is 1. The molecule has 1 saturated heterocycles. The molecule has 34 heavy (non-hydrogen) atoms. The van der Waals surface area contributed by atoms with Crippen LogP contribution in [0.3, 0.4) is 0 Å². The first-order chi connectivity index (χ1) is 16.6. The van der Waals surface area contributed by atoms with E-state index in [4.69, 9.17) is 4.98 Å². The lowest BCUT2D eigenvalue weighted by molar-refractivity contribution is -0.125. The van der Waals surface area contributed by atoms with Crippen molar-refractivity contribution in [3.8, 4) is 11.1 Å². The molecule has 1 amide bonds. The summed E-state index contributed by atoms with van der Waals surface area (Å²) in [6.07, 6.45) is 4.16. The Bertz CT molecular complexity index is 1350. The Morgan fingerprint density at radius 1 is 1.24 bits per heavy atom. The third-order valence-corrected chi connectivity index (χ3v) is 7.24. The number of benzene rings is 1. The maximum Gasteiger partial charge on any atom is 0.270 e. The summed E-state index contributed by atoms with van der Waals surface area (Å²) in [6, 6.07) is 14.0. The smallest absolute Gasteiger partial charge is 0.270 e. The standard InChI is InChI=1S/C26H27N5O2S/c1-17-7-9-18(10-8-17)21-16-34-23-22(21)29-26(30-25(23)33)31-14-4-5-19(15-31)24(32)28-13-11-20-6-2-3-12-27-20/h2-3,6-10,12,16,19H,4-5,11,13-15H2,1H3,(H,28,32)(H,29,30,33)/t19-/m0/s1. The van der Waals surface area contributed by atoms with Gasteiger partial charge in [-0.05, 0) is 37.5 Å². The van der Waals surface area contributed by atoms with Crippen LogP contribution in [-0.2, 0) is 11.2 Å². The van der Waals surface area contributed by atoms with E-state index in [9.17, 15) is 9.59 Å². The first kappa shape index (κ1) is 22.3. The van der Waals surface area contributed by atoms with E-state index in [0.717, 1.165) is 41.7 Å². The molecular formula is C26H27N5O2S. The van der Waals surface area contributed by atoms with Crippen molar-refractivity contribution in [1.82, 2.24) is 20.3 Å². The average Bonchev–Trinajstić information content (AvgIpc) is 3.30. The highest BCUT2D eigenvalue weighted by Crippen LogP contribution is 2.32. The molecule has 3 aromatic heterocycles. The van der Waals surface area contributed by atoms with Gasteiger partial charge in [0.05, 0.1) is 11.4 Å². The second kappa shape index (κ2) is 9.77. The summed E-state index contributed by atoms with van der Waals surface area (Å²) in [6.45, 7) is 3.91. The van der Waals surface area contributed by atoms with Crippen LogP contribution in [0, 0.1) is 12.8 Å². The van der Waals surface area contributed by atoms with Crippen molar-refractivity contribution in [2.24, 2.45) is 5.92 Å². The monoisotopic (exact) mass is 473 g/mol. The topological polar surface area (TPSA) is 91.0 Å². The Balaban J connectivity index is 1.32. The van der Waals surface area contributed by atoms with Crippen LogP contribution in [0.4, 0.5) is 5.95 Å². The van der Waals surface area contributed by atoms with E-state index in [0.29, 0.717) is 30.2 Å². The van der Waals surface area contributed by atoms with Gasteiger partial charge in [0.25, 0.3) is 5.56 Å². The van der Waals surface area contributed by atoms with Crippen molar-refractivity contribution >= 4 is 33.4 Å². The number of hydrogen-bond donors (Lipinski definition) is 2. The number of aromatic nitrogens is 3. The van der Waals surface area contributed by atoms with E-state index < -0.39 is 0 Å². The van der Waals surface area contributed by atoms with Crippen LogP contribution < -0.4 is 15.8 Å². The van der Waals surface area contributed by atoms with Crippen LogP contribution in [0.15, 0.2) is 58.8 Å². The third-order valence-electron chi connectivity index (χ3n) is 6.27. The third kappa shape index (κ3) is 4.72. The number of amides is 1. The van der Waals surface area contributed by atoms with Gasteiger partial charge in [-0.3, -0.25) is 19.6 Å². The van der Waals surface area contributed by atoms with E-state index in [1.807, 2.05) is 28.5 Å². The first-order valence-electron chi connectivity index (χ1n) is 11.6. The van der Waals surface area contributed by atoms with Gasteiger partial charge in [-0.15, -0.1) is 11.3 Å². The SMILES string of the molecule is Cc1ccc(-c2csc3c(=O)[nH]c(N4CCC[C@H](C(=O)NCCc5ccccn5)C4)nc23)cc1.